The second-order valence-electron chi connectivity index (χ2n) is 5.29. The quantitative estimate of drug-likeness (QED) is 0.719. The molecule has 3 nitrogen and oxygen atoms in total. The third kappa shape index (κ3) is 3.44. The van der Waals surface area contributed by atoms with Gasteiger partial charge in [0.15, 0.2) is 0 Å². The Kier molecular flexibility index (Phi) is 5.07. The zero-order chi connectivity index (χ0) is 11.2. The van der Waals surface area contributed by atoms with Crippen LogP contribution in [0.5, 0.6) is 0 Å². The lowest BCUT2D eigenvalue weighted by molar-refractivity contribution is -0.0218. The van der Waals surface area contributed by atoms with Crippen molar-refractivity contribution < 1.29 is 0 Å². The first-order valence-electron chi connectivity index (χ1n) is 7.10. The maximum Gasteiger partial charge on any atom is 0.0174 e. The molecule has 2 fully saturated rings. The molecule has 2 heterocycles. The Morgan fingerprint density at radius 3 is 2.62 bits per heavy atom. The van der Waals surface area contributed by atoms with Crippen LogP contribution in [0.2, 0.25) is 0 Å². The van der Waals surface area contributed by atoms with Crippen LogP contribution in [-0.4, -0.2) is 49.3 Å². The van der Waals surface area contributed by atoms with Crippen LogP contribution in [0, 0.1) is 5.92 Å². The fourth-order valence-electron chi connectivity index (χ4n) is 2.88. The lowest BCUT2D eigenvalue weighted by Crippen LogP contribution is -2.44. The van der Waals surface area contributed by atoms with E-state index in [0.29, 0.717) is 0 Å². The Bertz CT molecular complexity index is 190. The van der Waals surface area contributed by atoms with Crippen molar-refractivity contribution in [3.8, 4) is 0 Å². The van der Waals surface area contributed by atoms with Gasteiger partial charge in [-0.1, -0.05) is 13.3 Å². The molecule has 0 radical (unpaired) electrons. The minimum Gasteiger partial charge on any atom is -0.316 e. The number of rotatable bonds is 5. The van der Waals surface area contributed by atoms with Crippen LogP contribution in [0.15, 0.2) is 0 Å². The number of piperidine rings is 1. The molecule has 0 aromatic carbocycles. The Balaban J connectivity index is 1.66. The normalized spacial score (nSPS) is 28.7. The van der Waals surface area contributed by atoms with E-state index in [0.717, 1.165) is 5.92 Å². The molecule has 1 unspecified atom stereocenters. The zero-order valence-corrected chi connectivity index (χ0v) is 10.7. The maximum atomic E-state index is 3.56. The number of hydrogen-bond donors (Lipinski definition) is 1. The molecule has 1 atom stereocenters. The summed E-state index contributed by atoms with van der Waals surface area (Å²) in [5.74, 6) is 0.883. The molecule has 2 aliphatic rings. The summed E-state index contributed by atoms with van der Waals surface area (Å²) in [6.07, 6.45) is 6.87. The van der Waals surface area contributed by atoms with Gasteiger partial charge in [0.25, 0.3) is 0 Å². The molecular weight excluding hydrogens is 198 g/mol. The van der Waals surface area contributed by atoms with Gasteiger partial charge in [0.1, 0.15) is 0 Å². The van der Waals surface area contributed by atoms with E-state index in [9.17, 15) is 0 Å². The van der Waals surface area contributed by atoms with Crippen LogP contribution < -0.4 is 5.32 Å². The van der Waals surface area contributed by atoms with E-state index in [1.165, 1.54) is 71.4 Å². The Labute approximate surface area is 100 Å². The monoisotopic (exact) mass is 225 g/mol. The highest BCUT2D eigenvalue weighted by Gasteiger charge is 2.27. The zero-order valence-electron chi connectivity index (χ0n) is 10.7. The van der Waals surface area contributed by atoms with Crippen molar-refractivity contribution >= 4 is 0 Å². The summed E-state index contributed by atoms with van der Waals surface area (Å²) >= 11 is 0. The van der Waals surface area contributed by atoms with Crippen LogP contribution in [-0.2, 0) is 0 Å². The van der Waals surface area contributed by atoms with E-state index < -0.39 is 0 Å². The van der Waals surface area contributed by atoms with Gasteiger partial charge >= 0.3 is 0 Å². The molecule has 2 aliphatic heterocycles. The van der Waals surface area contributed by atoms with E-state index in [1.54, 1.807) is 0 Å². The molecule has 0 saturated carbocycles. The summed E-state index contributed by atoms with van der Waals surface area (Å²) in [4.78, 5) is 0. The average molecular weight is 225 g/mol. The average Bonchev–Trinajstić information content (AvgIpc) is 2.79. The van der Waals surface area contributed by atoms with Crippen molar-refractivity contribution in [1.29, 1.82) is 0 Å². The van der Waals surface area contributed by atoms with Crippen molar-refractivity contribution in [3.05, 3.63) is 0 Å². The SMILES string of the molecule is CCCNCC1CCN(N2CCCCC2)C1. The maximum absolute atomic E-state index is 3.56. The van der Waals surface area contributed by atoms with Gasteiger partial charge in [0, 0.05) is 26.2 Å². The Morgan fingerprint density at radius 1 is 1.06 bits per heavy atom. The first-order valence-corrected chi connectivity index (χ1v) is 7.10. The fourth-order valence-corrected chi connectivity index (χ4v) is 2.88. The van der Waals surface area contributed by atoms with Gasteiger partial charge < -0.3 is 5.32 Å². The second kappa shape index (κ2) is 6.58. The van der Waals surface area contributed by atoms with Gasteiger partial charge in [0.2, 0.25) is 0 Å². The topological polar surface area (TPSA) is 18.5 Å². The molecule has 0 bridgehead atoms. The van der Waals surface area contributed by atoms with E-state index in [-0.39, 0.29) is 0 Å². The number of hydrogen-bond acceptors (Lipinski definition) is 3. The van der Waals surface area contributed by atoms with E-state index in [4.69, 9.17) is 0 Å². The predicted octanol–water partition coefficient (Wildman–Crippen LogP) is 1.71. The minimum atomic E-state index is 0.883. The molecule has 0 spiro atoms. The standard InChI is InChI=1S/C13H27N3/c1-2-7-14-11-13-6-10-16(12-13)15-8-4-3-5-9-15/h13-14H,2-12H2,1H3. The summed E-state index contributed by atoms with van der Waals surface area (Å²) in [6, 6.07) is 0. The van der Waals surface area contributed by atoms with E-state index >= 15 is 0 Å². The molecule has 0 aromatic rings. The number of nitrogens with zero attached hydrogens (tertiary/aromatic N) is 2. The molecule has 1 N–H and O–H groups in total. The van der Waals surface area contributed by atoms with Crippen molar-refractivity contribution in [2.45, 2.75) is 39.0 Å². The van der Waals surface area contributed by atoms with Gasteiger partial charge in [-0.15, -0.1) is 0 Å². The van der Waals surface area contributed by atoms with Crippen LogP contribution in [0.4, 0.5) is 0 Å². The molecule has 0 aromatic heterocycles. The molecule has 16 heavy (non-hydrogen) atoms. The predicted molar refractivity (Wildman–Crippen MR) is 68.3 cm³/mol. The highest BCUT2D eigenvalue weighted by molar-refractivity contribution is 4.77. The molecule has 0 aliphatic carbocycles. The van der Waals surface area contributed by atoms with Gasteiger partial charge in [-0.25, -0.2) is 10.0 Å². The molecule has 94 valence electrons. The van der Waals surface area contributed by atoms with Crippen LogP contribution in [0.1, 0.15) is 39.0 Å². The lowest BCUT2D eigenvalue weighted by Gasteiger charge is -2.34. The van der Waals surface area contributed by atoms with Crippen LogP contribution in [0.25, 0.3) is 0 Å². The lowest BCUT2D eigenvalue weighted by atomic mass is 10.1. The van der Waals surface area contributed by atoms with Crippen molar-refractivity contribution in [1.82, 2.24) is 15.3 Å². The number of hydrazine groups is 1. The van der Waals surface area contributed by atoms with Crippen LogP contribution >= 0.6 is 0 Å². The van der Waals surface area contributed by atoms with Crippen molar-refractivity contribution in [2.75, 3.05) is 39.3 Å². The third-order valence-corrected chi connectivity index (χ3v) is 3.86. The van der Waals surface area contributed by atoms with Gasteiger partial charge in [-0.3, -0.25) is 0 Å². The summed E-state index contributed by atoms with van der Waals surface area (Å²) in [7, 11) is 0. The first-order chi connectivity index (χ1) is 7.90. The first kappa shape index (κ1) is 12.3. The smallest absolute Gasteiger partial charge is 0.0174 e. The summed E-state index contributed by atoms with van der Waals surface area (Å²) < 4.78 is 0. The van der Waals surface area contributed by atoms with E-state index in [2.05, 4.69) is 22.3 Å². The van der Waals surface area contributed by atoms with E-state index in [1.807, 2.05) is 0 Å². The summed E-state index contributed by atoms with van der Waals surface area (Å²) in [6.45, 7) is 9.82. The molecule has 3 heteroatoms. The Hall–Kier alpha value is -0.120. The fraction of sp³-hybridized carbons (Fsp3) is 1.00. The van der Waals surface area contributed by atoms with Crippen molar-refractivity contribution in [3.63, 3.8) is 0 Å². The minimum absolute atomic E-state index is 0.883. The second-order valence-corrected chi connectivity index (χ2v) is 5.29. The van der Waals surface area contributed by atoms with Gasteiger partial charge in [-0.05, 0) is 44.7 Å². The summed E-state index contributed by atoms with van der Waals surface area (Å²) in [5.41, 5.74) is 0. The van der Waals surface area contributed by atoms with Crippen molar-refractivity contribution in [2.24, 2.45) is 5.92 Å². The largest absolute Gasteiger partial charge is 0.316 e. The highest BCUT2D eigenvalue weighted by atomic mass is 15.6. The Morgan fingerprint density at radius 2 is 1.88 bits per heavy atom. The molecule has 2 rings (SSSR count). The van der Waals surface area contributed by atoms with Crippen LogP contribution in [0.3, 0.4) is 0 Å². The number of nitrogens with one attached hydrogen (secondary N) is 1. The van der Waals surface area contributed by atoms with Gasteiger partial charge in [-0.2, -0.15) is 0 Å². The molecule has 2 saturated heterocycles. The molecule has 0 amide bonds. The summed E-state index contributed by atoms with van der Waals surface area (Å²) in [5, 5.41) is 8.76. The molecular formula is C13H27N3. The highest BCUT2D eigenvalue weighted by Crippen LogP contribution is 2.20. The third-order valence-electron chi connectivity index (χ3n) is 3.86. The van der Waals surface area contributed by atoms with Gasteiger partial charge in [0.05, 0.1) is 0 Å².